The van der Waals surface area contributed by atoms with Gasteiger partial charge in [0.1, 0.15) is 12.1 Å². The van der Waals surface area contributed by atoms with Crippen molar-refractivity contribution in [3.63, 3.8) is 0 Å². The summed E-state index contributed by atoms with van der Waals surface area (Å²) < 4.78 is 56.3. The lowest BCUT2D eigenvalue weighted by molar-refractivity contribution is -0.141. The van der Waals surface area contributed by atoms with Crippen LogP contribution in [0.15, 0.2) is 30.9 Å². The molecule has 3 atom stereocenters. The molecule has 2 fully saturated rings. The molecule has 1 saturated carbocycles. The highest BCUT2D eigenvalue weighted by Crippen LogP contribution is 2.56. The van der Waals surface area contributed by atoms with E-state index < -0.39 is 42.3 Å². The highest BCUT2D eigenvalue weighted by molar-refractivity contribution is 6.00. The van der Waals surface area contributed by atoms with Crippen LogP contribution < -0.4 is 10.6 Å². The normalized spacial score (nSPS) is 22.5. The van der Waals surface area contributed by atoms with Crippen LogP contribution in [0.3, 0.4) is 0 Å². The molecule has 0 spiro atoms. The Morgan fingerprint density at radius 3 is 2.74 bits per heavy atom. The standard InChI is InChI=1S/C21H16F4N8O2/c22-15-16(27-5-9-6-29-33(17(9)15)8-21(23,24)25)11-3-10(11)12-4-14(31-32-2-1-26-18(12)32)13-7-28-20(35)30-19(13)34/h1-2,4-6,10-11,13H,3,7-8H2,(H2,28,30,34,35)/t10-,11-,13?/m0/s1. The van der Waals surface area contributed by atoms with Crippen molar-refractivity contribution < 1.29 is 27.2 Å². The number of pyridine rings is 1. The molecule has 0 aromatic carbocycles. The fourth-order valence-electron chi connectivity index (χ4n) is 4.61. The van der Waals surface area contributed by atoms with Crippen molar-refractivity contribution in [1.29, 1.82) is 0 Å². The van der Waals surface area contributed by atoms with Crippen LogP contribution in [0.2, 0.25) is 0 Å². The summed E-state index contributed by atoms with van der Waals surface area (Å²) in [6, 6.07) is 1.12. The van der Waals surface area contributed by atoms with E-state index in [1.807, 2.05) is 0 Å². The molecular weight excluding hydrogens is 472 g/mol. The van der Waals surface area contributed by atoms with Crippen LogP contribution >= 0.6 is 0 Å². The second-order valence-electron chi connectivity index (χ2n) is 8.60. The Hall–Kier alpha value is -4.10. The fourth-order valence-corrected chi connectivity index (χ4v) is 4.61. The van der Waals surface area contributed by atoms with Gasteiger partial charge < -0.3 is 5.32 Å². The largest absolute Gasteiger partial charge is 0.408 e. The number of aromatic nitrogens is 6. The van der Waals surface area contributed by atoms with Crippen LogP contribution in [0.25, 0.3) is 16.6 Å². The monoisotopic (exact) mass is 488 g/mol. The third kappa shape index (κ3) is 3.65. The van der Waals surface area contributed by atoms with Crippen molar-refractivity contribution in [1.82, 2.24) is 40.0 Å². The van der Waals surface area contributed by atoms with Gasteiger partial charge in [-0.1, -0.05) is 0 Å². The number of halogens is 4. The van der Waals surface area contributed by atoms with Crippen LogP contribution in [0.5, 0.6) is 0 Å². The number of hydrogen-bond acceptors (Lipinski definition) is 6. The van der Waals surface area contributed by atoms with Gasteiger partial charge in [0.15, 0.2) is 11.5 Å². The van der Waals surface area contributed by atoms with Crippen molar-refractivity contribution in [2.45, 2.75) is 36.9 Å². The fraction of sp³-hybridized carbons (Fsp3) is 0.333. The summed E-state index contributed by atoms with van der Waals surface area (Å²) in [7, 11) is 0. The van der Waals surface area contributed by atoms with Gasteiger partial charge in [-0.25, -0.2) is 18.7 Å². The molecular formula is C21H16F4N8O2. The van der Waals surface area contributed by atoms with Gasteiger partial charge >= 0.3 is 12.2 Å². The maximum Gasteiger partial charge on any atom is 0.408 e. The number of rotatable bonds is 4. The maximum absolute atomic E-state index is 15.4. The number of alkyl halides is 3. The molecule has 3 amide bonds. The van der Waals surface area contributed by atoms with Crippen molar-refractivity contribution in [3.8, 4) is 0 Å². The summed E-state index contributed by atoms with van der Waals surface area (Å²) in [5.74, 6) is -2.68. The lowest BCUT2D eigenvalue weighted by Crippen LogP contribution is -2.51. The molecule has 0 bridgehead atoms. The molecule has 14 heteroatoms. The Morgan fingerprint density at radius 2 is 1.97 bits per heavy atom. The first kappa shape index (κ1) is 21.4. The van der Waals surface area contributed by atoms with E-state index in [0.717, 1.165) is 6.20 Å². The van der Waals surface area contributed by atoms with Crippen molar-refractivity contribution in [2.24, 2.45) is 0 Å². The van der Waals surface area contributed by atoms with E-state index in [-0.39, 0.29) is 29.1 Å². The third-order valence-corrected chi connectivity index (χ3v) is 6.30. The summed E-state index contributed by atoms with van der Waals surface area (Å²) in [5.41, 5.74) is 1.44. The number of nitrogens with one attached hydrogen (secondary N) is 2. The molecule has 10 nitrogen and oxygen atoms in total. The zero-order chi connectivity index (χ0) is 24.5. The van der Waals surface area contributed by atoms with Gasteiger partial charge in [0.2, 0.25) is 5.91 Å². The predicted molar refractivity (Wildman–Crippen MR) is 111 cm³/mol. The van der Waals surface area contributed by atoms with Crippen LogP contribution in [0.4, 0.5) is 22.4 Å². The molecule has 0 radical (unpaired) electrons. The van der Waals surface area contributed by atoms with Crippen molar-refractivity contribution >= 4 is 28.5 Å². The Kier molecular flexibility index (Phi) is 4.56. The minimum absolute atomic E-state index is 0.0529. The summed E-state index contributed by atoms with van der Waals surface area (Å²) in [4.78, 5) is 32.3. The minimum Gasteiger partial charge on any atom is -0.337 e. The summed E-state index contributed by atoms with van der Waals surface area (Å²) in [6.45, 7) is -1.34. The molecule has 4 aromatic rings. The first-order valence-electron chi connectivity index (χ1n) is 10.7. The van der Waals surface area contributed by atoms with Crippen LogP contribution in [-0.2, 0) is 11.3 Å². The molecule has 1 aliphatic heterocycles. The highest BCUT2D eigenvalue weighted by atomic mass is 19.4. The average molecular weight is 488 g/mol. The molecule has 35 heavy (non-hydrogen) atoms. The molecule has 2 aliphatic rings. The van der Waals surface area contributed by atoms with E-state index in [4.69, 9.17) is 0 Å². The smallest absolute Gasteiger partial charge is 0.337 e. The Morgan fingerprint density at radius 1 is 1.14 bits per heavy atom. The van der Waals surface area contributed by atoms with E-state index in [9.17, 15) is 22.8 Å². The van der Waals surface area contributed by atoms with E-state index in [0.29, 0.717) is 28.0 Å². The summed E-state index contributed by atoms with van der Waals surface area (Å²) in [6.07, 6.45) is 1.56. The van der Waals surface area contributed by atoms with E-state index >= 15 is 4.39 Å². The van der Waals surface area contributed by atoms with Crippen LogP contribution in [0, 0.1) is 5.82 Å². The maximum atomic E-state index is 15.4. The number of hydrogen-bond donors (Lipinski definition) is 2. The zero-order valence-corrected chi connectivity index (χ0v) is 17.8. The zero-order valence-electron chi connectivity index (χ0n) is 17.8. The number of amides is 3. The topological polar surface area (TPSA) is 119 Å². The number of imidazole rings is 1. The summed E-state index contributed by atoms with van der Waals surface area (Å²) >= 11 is 0. The number of imide groups is 1. The van der Waals surface area contributed by atoms with Gasteiger partial charge in [-0.05, 0) is 18.4 Å². The highest BCUT2D eigenvalue weighted by Gasteiger charge is 2.45. The molecule has 1 saturated heterocycles. The second kappa shape index (κ2) is 7.45. The van der Waals surface area contributed by atoms with Gasteiger partial charge in [-0.15, -0.1) is 0 Å². The van der Waals surface area contributed by atoms with Crippen molar-refractivity contribution in [3.05, 3.63) is 53.6 Å². The van der Waals surface area contributed by atoms with Gasteiger partial charge in [0.05, 0.1) is 23.5 Å². The van der Waals surface area contributed by atoms with Crippen molar-refractivity contribution in [2.75, 3.05) is 6.54 Å². The Balaban J connectivity index is 1.37. The summed E-state index contributed by atoms with van der Waals surface area (Å²) in [5, 5.41) is 13.1. The van der Waals surface area contributed by atoms with Gasteiger partial charge in [-0.2, -0.15) is 23.4 Å². The molecule has 1 aliphatic carbocycles. The molecule has 180 valence electrons. The Bertz CT molecular complexity index is 1510. The van der Waals surface area contributed by atoms with Crippen LogP contribution in [-0.4, -0.2) is 54.0 Å². The third-order valence-electron chi connectivity index (χ3n) is 6.30. The average Bonchev–Trinajstić information content (AvgIpc) is 3.22. The van der Waals surface area contributed by atoms with Gasteiger partial charge in [0, 0.05) is 42.0 Å². The lowest BCUT2D eigenvalue weighted by atomic mass is 9.99. The van der Waals surface area contributed by atoms with Gasteiger partial charge in [0.25, 0.3) is 0 Å². The number of nitrogens with zero attached hydrogens (tertiary/aromatic N) is 6. The van der Waals surface area contributed by atoms with E-state index in [2.05, 4.69) is 30.8 Å². The van der Waals surface area contributed by atoms with Crippen LogP contribution in [0.1, 0.15) is 41.1 Å². The van der Waals surface area contributed by atoms with E-state index in [1.165, 1.54) is 16.9 Å². The first-order chi connectivity index (χ1) is 16.7. The predicted octanol–water partition coefficient (Wildman–Crippen LogP) is 2.37. The molecule has 2 N–H and O–H groups in total. The Labute approximate surface area is 193 Å². The SMILES string of the molecule is O=C1NCC(c2cc([C@H]3C[C@@H]3c3ncc4cnn(CC(F)(F)F)c4c3F)c3nccn3n2)C(=O)N1. The second-order valence-corrected chi connectivity index (χ2v) is 8.60. The molecule has 1 unspecified atom stereocenters. The lowest BCUT2D eigenvalue weighted by Gasteiger charge is -2.22. The molecule has 4 aromatic heterocycles. The molecule has 6 rings (SSSR count). The van der Waals surface area contributed by atoms with E-state index in [1.54, 1.807) is 12.3 Å². The number of urea groups is 1. The number of carbonyl (C=O) groups excluding carboxylic acids is 2. The first-order valence-corrected chi connectivity index (χ1v) is 10.7. The number of carbonyl (C=O) groups is 2. The quantitative estimate of drug-likeness (QED) is 0.426. The van der Waals surface area contributed by atoms with Gasteiger partial charge in [-0.3, -0.25) is 19.8 Å². The number of fused-ring (bicyclic) bond motifs is 2. The minimum atomic E-state index is -4.55. The molecule has 5 heterocycles.